The van der Waals surface area contributed by atoms with Crippen LogP contribution >= 0.6 is 0 Å². The van der Waals surface area contributed by atoms with E-state index in [2.05, 4.69) is 0 Å². The summed E-state index contributed by atoms with van der Waals surface area (Å²) in [6.07, 6.45) is 1.72. The van der Waals surface area contributed by atoms with Crippen LogP contribution in [0.5, 0.6) is 11.5 Å². The van der Waals surface area contributed by atoms with Crippen LogP contribution < -0.4 is 9.47 Å². The Morgan fingerprint density at radius 2 is 1.73 bits per heavy atom. The molecule has 0 spiro atoms. The van der Waals surface area contributed by atoms with Crippen LogP contribution in [0.15, 0.2) is 48.5 Å². The Bertz CT molecular complexity index is 811. The second-order valence-electron chi connectivity index (χ2n) is 5.37. The number of halogens is 1. The van der Waals surface area contributed by atoms with E-state index >= 15 is 0 Å². The van der Waals surface area contributed by atoms with Crippen LogP contribution in [0.2, 0.25) is 0 Å². The zero-order valence-corrected chi connectivity index (χ0v) is 14.7. The van der Waals surface area contributed by atoms with E-state index in [9.17, 15) is 14.0 Å². The number of rotatable bonds is 7. The lowest BCUT2D eigenvalue weighted by molar-refractivity contribution is -0.140. The lowest BCUT2D eigenvalue weighted by atomic mass is 10.1. The maximum absolute atomic E-state index is 12.9. The second kappa shape index (κ2) is 8.80. The first-order valence-corrected chi connectivity index (χ1v) is 7.85. The Morgan fingerprint density at radius 1 is 1.04 bits per heavy atom. The van der Waals surface area contributed by atoms with Crippen LogP contribution in [0.25, 0.3) is 6.08 Å². The number of ether oxygens (including phenoxy) is 3. The predicted octanol–water partition coefficient (Wildman–Crippen LogP) is 3.67. The Balaban J connectivity index is 2.05. The molecule has 6 heteroatoms. The predicted molar refractivity (Wildman–Crippen MR) is 94.9 cm³/mol. The van der Waals surface area contributed by atoms with E-state index < -0.39 is 23.7 Å². The quantitative estimate of drug-likeness (QED) is 0.429. The molecule has 0 bridgehead atoms. The van der Waals surface area contributed by atoms with Gasteiger partial charge in [0.2, 0.25) is 5.78 Å². The van der Waals surface area contributed by atoms with E-state index in [-0.39, 0.29) is 5.56 Å². The summed E-state index contributed by atoms with van der Waals surface area (Å²) in [7, 11) is 3.01. The van der Waals surface area contributed by atoms with E-state index in [1.165, 1.54) is 57.6 Å². The standard InChI is InChI=1S/C20H19FO5/c1-13(19(23)14-7-10-16(21)11-8-14)26-18(22)12-9-15-5-4-6-17(24-2)20(15)25-3/h4-13H,1-3H3/b12-9+/t13-/m1/s1. The summed E-state index contributed by atoms with van der Waals surface area (Å²) in [5.74, 6) is -0.526. The number of para-hydroxylation sites is 1. The van der Waals surface area contributed by atoms with E-state index in [4.69, 9.17) is 14.2 Å². The smallest absolute Gasteiger partial charge is 0.331 e. The van der Waals surface area contributed by atoms with Crippen molar-refractivity contribution in [3.05, 3.63) is 65.5 Å². The summed E-state index contributed by atoms with van der Waals surface area (Å²) in [4.78, 5) is 24.2. The van der Waals surface area contributed by atoms with Crippen LogP contribution in [-0.2, 0) is 9.53 Å². The summed E-state index contributed by atoms with van der Waals surface area (Å²) in [6.45, 7) is 1.46. The van der Waals surface area contributed by atoms with E-state index in [0.717, 1.165) is 0 Å². The number of carbonyl (C=O) groups excluding carboxylic acids is 2. The third kappa shape index (κ3) is 4.69. The fraction of sp³-hybridized carbons (Fsp3) is 0.200. The molecule has 0 aliphatic rings. The van der Waals surface area contributed by atoms with Crippen molar-refractivity contribution in [2.75, 3.05) is 14.2 Å². The Kier molecular flexibility index (Phi) is 6.49. The van der Waals surface area contributed by atoms with Crippen molar-refractivity contribution >= 4 is 17.8 Å². The van der Waals surface area contributed by atoms with E-state index in [0.29, 0.717) is 17.1 Å². The fourth-order valence-electron chi connectivity index (χ4n) is 2.32. The molecule has 26 heavy (non-hydrogen) atoms. The minimum absolute atomic E-state index is 0.269. The summed E-state index contributed by atoms with van der Waals surface area (Å²) in [6, 6.07) is 10.3. The monoisotopic (exact) mass is 358 g/mol. The van der Waals surface area contributed by atoms with Gasteiger partial charge in [0, 0.05) is 17.2 Å². The number of Topliss-reactive ketones (excluding diaryl/α,β-unsaturated/α-hetero) is 1. The van der Waals surface area contributed by atoms with Gasteiger partial charge < -0.3 is 14.2 Å². The highest BCUT2D eigenvalue weighted by atomic mass is 19.1. The number of carbonyl (C=O) groups is 2. The highest BCUT2D eigenvalue weighted by molar-refractivity contribution is 6.01. The maximum atomic E-state index is 12.9. The first-order chi connectivity index (χ1) is 12.5. The average Bonchev–Trinajstić information content (AvgIpc) is 2.65. The maximum Gasteiger partial charge on any atom is 0.331 e. The highest BCUT2D eigenvalue weighted by Gasteiger charge is 2.18. The van der Waals surface area contributed by atoms with Crippen LogP contribution in [0, 0.1) is 5.82 Å². The number of benzene rings is 2. The van der Waals surface area contributed by atoms with Crippen LogP contribution in [0.4, 0.5) is 4.39 Å². The number of hydrogen-bond donors (Lipinski definition) is 0. The molecule has 2 aromatic carbocycles. The average molecular weight is 358 g/mol. The van der Waals surface area contributed by atoms with Gasteiger partial charge in [-0.2, -0.15) is 0 Å². The molecular formula is C20H19FO5. The third-order valence-corrected chi connectivity index (χ3v) is 3.62. The van der Waals surface area contributed by atoms with Gasteiger partial charge in [0.25, 0.3) is 0 Å². The lowest BCUT2D eigenvalue weighted by Crippen LogP contribution is -2.23. The van der Waals surface area contributed by atoms with Gasteiger partial charge in [-0.25, -0.2) is 9.18 Å². The summed E-state index contributed by atoms with van der Waals surface area (Å²) in [5, 5.41) is 0. The third-order valence-electron chi connectivity index (χ3n) is 3.62. The molecule has 0 amide bonds. The normalized spacial score (nSPS) is 11.8. The topological polar surface area (TPSA) is 61.8 Å². The molecule has 0 aliphatic heterocycles. The largest absolute Gasteiger partial charge is 0.493 e. The Labute approximate surface area is 151 Å². The van der Waals surface area contributed by atoms with Gasteiger partial charge in [-0.05, 0) is 43.3 Å². The van der Waals surface area contributed by atoms with Crippen molar-refractivity contribution in [3.8, 4) is 11.5 Å². The number of methoxy groups -OCH3 is 2. The molecule has 2 rings (SSSR count). The van der Waals surface area contributed by atoms with E-state index in [1.807, 2.05) is 0 Å². The summed E-state index contributed by atoms with van der Waals surface area (Å²) >= 11 is 0. The zero-order valence-electron chi connectivity index (χ0n) is 14.7. The van der Waals surface area contributed by atoms with Gasteiger partial charge >= 0.3 is 5.97 Å². The minimum atomic E-state index is -0.996. The molecular weight excluding hydrogens is 339 g/mol. The van der Waals surface area contributed by atoms with Crippen molar-refractivity contribution in [2.45, 2.75) is 13.0 Å². The van der Waals surface area contributed by atoms with Gasteiger partial charge in [-0.1, -0.05) is 12.1 Å². The van der Waals surface area contributed by atoms with Crippen LogP contribution in [0.3, 0.4) is 0 Å². The fourth-order valence-corrected chi connectivity index (χ4v) is 2.32. The first-order valence-electron chi connectivity index (χ1n) is 7.85. The Morgan fingerprint density at radius 3 is 2.35 bits per heavy atom. The number of hydrogen-bond acceptors (Lipinski definition) is 5. The highest BCUT2D eigenvalue weighted by Crippen LogP contribution is 2.31. The van der Waals surface area contributed by atoms with Gasteiger partial charge in [0.05, 0.1) is 14.2 Å². The SMILES string of the molecule is COc1cccc(/C=C/C(=O)O[C@H](C)C(=O)c2ccc(F)cc2)c1OC. The second-order valence-corrected chi connectivity index (χ2v) is 5.37. The van der Waals surface area contributed by atoms with Gasteiger partial charge in [0.1, 0.15) is 5.82 Å². The van der Waals surface area contributed by atoms with E-state index in [1.54, 1.807) is 18.2 Å². The van der Waals surface area contributed by atoms with Gasteiger partial charge in [0.15, 0.2) is 17.6 Å². The minimum Gasteiger partial charge on any atom is -0.493 e. The molecule has 0 radical (unpaired) electrons. The molecule has 0 aliphatic carbocycles. The zero-order chi connectivity index (χ0) is 19.1. The summed E-state index contributed by atoms with van der Waals surface area (Å²) < 4.78 is 28.5. The van der Waals surface area contributed by atoms with Gasteiger partial charge in [-0.3, -0.25) is 4.79 Å². The molecule has 0 saturated heterocycles. The molecule has 1 atom stereocenters. The van der Waals surface area contributed by atoms with Crippen molar-refractivity contribution in [2.24, 2.45) is 0 Å². The molecule has 0 heterocycles. The van der Waals surface area contributed by atoms with Crippen LogP contribution in [0.1, 0.15) is 22.8 Å². The number of ketones is 1. The molecule has 136 valence electrons. The first kappa shape index (κ1) is 19.2. The van der Waals surface area contributed by atoms with Crippen molar-refractivity contribution in [3.63, 3.8) is 0 Å². The molecule has 0 N–H and O–H groups in total. The van der Waals surface area contributed by atoms with Crippen molar-refractivity contribution in [1.29, 1.82) is 0 Å². The van der Waals surface area contributed by atoms with Crippen molar-refractivity contribution < 1.29 is 28.2 Å². The lowest BCUT2D eigenvalue weighted by Gasteiger charge is -2.11. The molecule has 0 fully saturated rings. The van der Waals surface area contributed by atoms with Gasteiger partial charge in [-0.15, -0.1) is 0 Å². The molecule has 0 saturated carbocycles. The van der Waals surface area contributed by atoms with Crippen molar-refractivity contribution in [1.82, 2.24) is 0 Å². The molecule has 5 nitrogen and oxygen atoms in total. The molecule has 2 aromatic rings. The van der Waals surface area contributed by atoms with Crippen LogP contribution in [-0.4, -0.2) is 32.1 Å². The molecule has 0 unspecified atom stereocenters. The molecule has 0 aromatic heterocycles. The summed E-state index contributed by atoms with van der Waals surface area (Å²) in [5.41, 5.74) is 0.895. The Hall–Kier alpha value is -3.15. The number of esters is 1.